The molecule has 2 fully saturated rings. The largest absolute Gasteiger partial charge is 0.465 e. The third kappa shape index (κ3) is 1.79. The smallest absolute Gasteiger partial charge is 0.305 e. The summed E-state index contributed by atoms with van der Waals surface area (Å²) in [7, 11) is 0. The SMILES string of the molecule is C[C@@H]1CC[C@H]2COC(=O)CC[C@]2(C)[C@@H]1C. The molecule has 0 bridgehead atoms. The molecule has 0 unspecified atom stereocenters. The fourth-order valence-electron chi connectivity index (χ4n) is 3.41. The molecule has 0 spiro atoms. The van der Waals surface area contributed by atoms with Crippen LogP contribution in [-0.2, 0) is 9.53 Å². The van der Waals surface area contributed by atoms with Gasteiger partial charge in [0.1, 0.15) is 0 Å². The normalized spacial score (nSPS) is 46.6. The van der Waals surface area contributed by atoms with E-state index in [4.69, 9.17) is 4.74 Å². The van der Waals surface area contributed by atoms with Crippen molar-refractivity contribution in [2.24, 2.45) is 23.2 Å². The molecule has 0 N–H and O–H groups in total. The third-order valence-electron chi connectivity index (χ3n) is 5.11. The molecule has 2 heteroatoms. The van der Waals surface area contributed by atoms with Crippen LogP contribution in [0.2, 0.25) is 0 Å². The lowest BCUT2D eigenvalue weighted by atomic mass is 9.57. The maximum absolute atomic E-state index is 11.3. The second-order valence-electron chi connectivity index (χ2n) is 5.73. The predicted molar refractivity (Wildman–Crippen MR) is 59.4 cm³/mol. The summed E-state index contributed by atoms with van der Waals surface area (Å²) in [6, 6.07) is 0. The number of esters is 1. The highest BCUT2D eigenvalue weighted by Crippen LogP contribution is 2.51. The van der Waals surface area contributed by atoms with Gasteiger partial charge in [0.2, 0.25) is 0 Å². The number of ether oxygens (including phenoxy) is 1. The zero-order chi connectivity index (χ0) is 11.1. The molecule has 15 heavy (non-hydrogen) atoms. The molecule has 0 aromatic carbocycles. The summed E-state index contributed by atoms with van der Waals surface area (Å²) in [6.07, 6.45) is 4.15. The van der Waals surface area contributed by atoms with Gasteiger partial charge in [-0.3, -0.25) is 4.79 Å². The van der Waals surface area contributed by atoms with Gasteiger partial charge in [-0.2, -0.15) is 0 Å². The average Bonchev–Trinajstić information content (AvgIpc) is 2.36. The van der Waals surface area contributed by atoms with Crippen molar-refractivity contribution in [1.29, 1.82) is 0 Å². The van der Waals surface area contributed by atoms with Gasteiger partial charge in [-0.25, -0.2) is 0 Å². The van der Waals surface area contributed by atoms with Crippen molar-refractivity contribution in [1.82, 2.24) is 0 Å². The van der Waals surface area contributed by atoms with Crippen molar-refractivity contribution in [2.75, 3.05) is 6.61 Å². The van der Waals surface area contributed by atoms with E-state index in [1.54, 1.807) is 0 Å². The number of hydrogen-bond acceptors (Lipinski definition) is 2. The zero-order valence-corrected chi connectivity index (χ0v) is 10.1. The first-order chi connectivity index (χ1) is 7.04. The Kier molecular flexibility index (Phi) is 2.78. The minimum Gasteiger partial charge on any atom is -0.465 e. The van der Waals surface area contributed by atoms with E-state index in [9.17, 15) is 4.79 Å². The highest BCUT2D eigenvalue weighted by atomic mass is 16.5. The summed E-state index contributed by atoms with van der Waals surface area (Å²) in [5, 5.41) is 0. The van der Waals surface area contributed by atoms with E-state index < -0.39 is 0 Å². The summed E-state index contributed by atoms with van der Waals surface area (Å²) >= 11 is 0. The fraction of sp³-hybridized carbons (Fsp3) is 0.923. The van der Waals surface area contributed by atoms with E-state index >= 15 is 0 Å². The standard InChI is InChI=1S/C13H22O2/c1-9-4-5-11-8-15-12(14)6-7-13(11,3)10(9)2/h9-11H,4-8H2,1-3H3/t9-,10-,11+,13-/m1/s1. The molecular formula is C13H22O2. The number of rotatable bonds is 0. The average molecular weight is 210 g/mol. The van der Waals surface area contributed by atoms with Gasteiger partial charge in [0.15, 0.2) is 0 Å². The molecule has 0 aromatic rings. The molecule has 1 aliphatic carbocycles. The summed E-state index contributed by atoms with van der Waals surface area (Å²) in [5.41, 5.74) is 0.323. The second kappa shape index (κ2) is 3.80. The molecule has 0 aromatic heterocycles. The van der Waals surface area contributed by atoms with E-state index in [1.165, 1.54) is 12.8 Å². The number of hydrogen-bond donors (Lipinski definition) is 0. The van der Waals surface area contributed by atoms with E-state index in [2.05, 4.69) is 20.8 Å². The lowest BCUT2D eigenvalue weighted by Crippen LogP contribution is -2.42. The van der Waals surface area contributed by atoms with Gasteiger partial charge >= 0.3 is 5.97 Å². The first-order valence-corrected chi connectivity index (χ1v) is 6.19. The Morgan fingerprint density at radius 2 is 2.07 bits per heavy atom. The van der Waals surface area contributed by atoms with Gasteiger partial charge in [0.05, 0.1) is 6.61 Å². The Hall–Kier alpha value is -0.530. The van der Waals surface area contributed by atoms with E-state index in [1.807, 2.05) is 0 Å². The van der Waals surface area contributed by atoms with Crippen molar-refractivity contribution in [3.05, 3.63) is 0 Å². The molecule has 0 amide bonds. The van der Waals surface area contributed by atoms with E-state index in [0.29, 0.717) is 30.3 Å². The van der Waals surface area contributed by atoms with Crippen LogP contribution < -0.4 is 0 Å². The maximum Gasteiger partial charge on any atom is 0.305 e. The van der Waals surface area contributed by atoms with E-state index in [-0.39, 0.29) is 5.97 Å². The van der Waals surface area contributed by atoms with Crippen molar-refractivity contribution in [3.63, 3.8) is 0 Å². The minimum absolute atomic E-state index is 0.00507. The lowest BCUT2D eigenvalue weighted by Gasteiger charge is -2.48. The number of carbonyl (C=O) groups is 1. The zero-order valence-electron chi connectivity index (χ0n) is 10.1. The van der Waals surface area contributed by atoms with Crippen molar-refractivity contribution >= 4 is 5.97 Å². The van der Waals surface area contributed by atoms with Crippen LogP contribution in [-0.4, -0.2) is 12.6 Å². The van der Waals surface area contributed by atoms with Gasteiger partial charge in [0, 0.05) is 6.42 Å². The van der Waals surface area contributed by atoms with Crippen LogP contribution in [0, 0.1) is 23.2 Å². The van der Waals surface area contributed by atoms with Crippen molar-refractivity contribution in [2.45, 2.75) is 46.5 Å². The highest BCUT2D eigenvalue weighted by molar-refractivity contribution is 5.69. The number of carbonyl (C=O) groups excluding carboxylic acids is 1. The fourth-order valence-corrected chi connectivity index (χ4v) is 3.41. The van der Waals surface area contributed by atoms with E-state index in [0.717, 1.165) is 12.3 Å². The Bertz CT molecular complexity index is 261. The number of cyclic esters (lactones) is 1. The summed E-state index contributed by atoms with van der Waals surface area (Å²) in [4.78, 5) is 11.3. The Morgan fingerprint density at radius 3 is 2.80 bits per heavy atom. The van der Waals surface area contributed by atoms with Gasteiger partial charge in [-0.05, 0) is 36.0 Å². The van der Waals surface area contributed by atoms with Crippen molar-refractivity contribution < 1.29 is 9.53 Å². The summed E-state index contributed by atoms with van der Waals surface area (Å²) < 4.78 is 5.28. The maximum atomic E-state index is 11.3. The molecule has 1 aliphatic heterocycles. The van der Waals surface area contributed by atoms with Crippen LogP contribution >= 0.6 is 0 Å². The molecule has 1 heterocycles. The van der Waals surface area contributed by atoms with Crippen LogP contribution in [0.15, 0.2) is 0 Å². The van der Waals surface area contributed by atoms with Gasteiger partial charge < -0.3 is 4.74 Å². The van der Waals surface area contributed by atoms with Crippen LogP contribution in [0.1, 0.15) is 46.5 Å². The first-order valence-electron chi connectivity index (χ1n) is 6.19. The first kappa shape index (κ1) is 11.0. The van der Waals surface area contributed by atoms with Crippen LogP contribution in [0.4, 0.5) is 0 Å². The van der Waals surface area contributed by atoms with Crippen LogP contribution in [0.3, 0.4) is 0 Å². The van der Waals surface area contributed by atoms with Gasteiger partial charge in [-0.15, -0.1) is 0 Å². The predicted octanol–water partition coefficient (Wildman–Crippen LogP) is 3.01. The van der Waals surface area contributed by atoms with Crippen molar-refractivity contribution in [3.8, 4) is 0 Å². The number of fused-ring (bicyclic) bond motifs is 1. The molecule has 2 nitrogen and oxygen atoms in total. The summed E-state index contributed by atoms with van der Waals surface area (Å²) in [5.74, 6) is 2.10. The molecular weight excluding hydrogens is 188 g/mol. The quantitative estimate of drug-likeness (QED) is 0.574. The van der Waals surface area contributed by atoms with Crippen LogP contribution in [0.5, 0.6) is 0 Å². The molecule has 86 valence electrons. The van der Waals surface area contributed by atoms with Gasteiger partial charge in [-0.1, -0.05) is 27.2 Å². The highest BCUT2D eigenvalue weighted by Gasteiger charge is 2.46. The summed E-state index contributed by atoms with van der Waals surface area (Å²) in [6.45, 7) is 7.72. The third-order valence-corrected chi connectivity index (χ3v) is 5.11. The van der Waals surface area contributed by atoms with Gasteiger partial charge in [0.25, 0.3) is 0 Å². The lowest BCUT2D eigenvalue weighted by molar-refractivity contribution is -0.144. The minimum atomic E-state index is 0.00507. The monoisotopic (exact) mass is 210 g/mol. The Balaban J connectivity index is 2.21. The molecule has 4 atom stereocenters. The van der Waals surface area contributed by atoms with Crippen LogP contribution in [0.25, 0.3) is 0 Å². The topological polar surface area (TPSA) is 26.3 Å². The molecule has 2 rings (SSSR count). The Morgan fingerprint density at radius 1 is 1.33 bits per heavy atom. The molecule has 0 radical (unpaired) electrons. The molecule has 1 saturated carbocycles. The molecule has 1 saturated heterocycles. The second-order valence-corrected chi connectivity index (χ2v) is 5.73. The molecule has 2 aliphatic rings. The Labute approximate surface area is 92.4 Å².